The standard InChI is InChI=1S/C22H20F4N6O2/c1-12-8-16(10-30-19(12)27)31-20(33)21(34)32(13(2)18-17(23)4-3-7-28-18)11-15-6-5-14(9-29-15)22(24,25)26/h3-10,13H,11H2,1-2H3,(H2,27,30)(H,31,33). The van der Waals surface area contributed by atoms with Crippen LogP contribution < -0.4 is 11.1 Å². The third kappa shape index (κ3) is 5.63. The van der Waals surface area contributed by atoms with Crippen molar-refractivity contribution in [1.29, 1.82) is 0 Å². The number of amides is 2. The maximum absolute atomic E-state index is 14.4. The molecule has 0 radical (unpaired) electrons. The molecule has 3 N–H and O–H groups in total. The van der Waals surface area contributed by atoms with Gasteiger partial charge in [0.1, 0.15) is 11.6 Å². The SMILES string of the molecule is Cc1cc(NC(=O)C(=O)N(Cc2ccc(C(F)(F)F)cn2)C(C)c2ncccc2F)cnc1N. The Morgan fingerprint density at radius 1 is 1.15 bits per heavy atom. The van der Waals surface area contributed by atoms with Crippen molar-refractivity contribution >= 4 is 23.3 Å². The number of hydrogen-bond acceptors (Lipinski definition) is 6. The number of carbonyl (C=O) groups excluding carboxylic acids is 2. The number of aromatic nitrogens is 3. The van der Waals surface area contributed by atoms with E-state index in [1.165, 1.54) is 31.5 Å². The molecule has 8 nitrogen and oxygen atoms in total. The number of carbonyl (C=O) groups is 2. The summed E-state index contributed by atoms with van der Waals surface area (Å²) in [5.41, 5.74) is 5.39. The van der Waals surface area contributed by atoms with E-state index in [1.54, 1.807) is 6.92 Å². The normalized spacial score (nSPS) is 12.2. The van der Waals surface area contributed by atoms with Crippen LogP contribution in [0.2, 0.25) is 0 Å². The molecule has 0 aliphatic rings. The lowest BCUT2D eigenvalue weighted by molar-refractivity contribution is -0.145. The van der Waals surface area contributed by atoms with Crippen LogP contribution in [0.5, 0.6) is 0 Å². The summed E-state index contributed by atoms with van der Waals surface area (Å²) in [7, 11) is 0. The molecule has 0 aliphatic carbocycles. The second kappa shape index (κ2) is 9.81. The molecular weight excluding hydrogens is 456 g/mol. The molecule has 0 spiro atoms. The van der Waals surface area contributed by atoms with E-state index < -0.39 is 35.4 Å². The highest BCUT2D eigenvalue weighted by Gasteiger charge is 2.32. The highest BCUT2D eigenvalue weighted by Crippen LogP contribution is 2.29. The monoisotopic (exact) mass is 476 g/mol. The summed E-state index contributed by atoms with van der Waals surface area (Å²) in [4.78, 5) is 38.3. The number of nitrogens with two attached hydrogens (primary N) is 1. The molecule has 178 valence electrons. The van der Waals surface area contributed by atoms with Crippen molar-refractivity contribution < 1.29 is 27.2 Å². The summed E-state index contributed by atoms with van der Waals surface area (Å²) in [5.74, 6) is -2.61. The van der Waals surface area contributed by atoms with Gasteiger partial charge in [-0.3, -0.25) is 19.6 Å². The molecule has 12 heteroatoms. The number of nitrogen functional groups attached to an aromatic ring is 1. The Labute approximate surface area is 191 Å². The number of pyridine rings is 3. The number of halogens is 4. The van der Waals surface area contributed by atoms with E-state index in [1.807, 2.05) is 0 Å². The largest absolute Gasteiger partial charge is 0.417 e. The lowest BCUT2D eigenvalue weighted by Gasteiger charge is -2.28. The summed E-state index contributed by atoms with van der Waals surface area (Å²) in [5, 5.41) is 2.39. The third-order valence-corrected chi connectivity index (χ3v) is 4.97. The first-order valence-electron chi connectivity index (χ1n) is 9.94. The first-order valence-corrected chi connectivity index (χ1v) is 9.94. The first-order chi connectivity index (χ1) is 16.0. The van der Waals surface area contributed by atoms with E-state index >= 15 is 0 Å². The topological polar surface area (TPSA) is 114 Å². The van der Waals surface area contributed by atoms with E-state index in [0.29, 0.717) is 11.8 Å². The maximum atomic E-state index is 14.4. The predicted octanol–water partition coefficient (Wildman–Crippen LogP) is 3.65. The van der Waals surface area contributed by atoms with Gasteiger partial charge < -0.3 is 16.0 Å². The zero-order chi connectivity index (χ0) is 25.0. The van der Waals surface area contributed by atoms with Gasteiger partial charge in [-0.05, 0) is 49.7 Å². The van der Waals surface area contributed by atoms with Gasteiger partial charge in [0.15, 0.2) is 0 Å². The lowest BCUT2D eigenvalue weighted by atomic mass is 10.1. The minimum atomic E-state index is -4.59. The molecule has 0 fully saturated rings. The van der Waals surface area contributed by atoms with Crippen LogP contribution >= 0.6 is 0 Å². The summed E-state index contributed by atoms with van der Waals surface area (Å²) in [6, 6.07) is 4.85. The number of nitrogens with one attached hydrogen (secondary N) is 1. The molecule has 1 atom stereocenters. The number of hydrogen-bond donors (Lipinski definition) is 2. The fourth-order valence-electron chi connectivity index (χ4n) is 3.07. The maximum Gasteiger partial charge on any atom is 0.417 e. The van der Waals surface area contributed by atoms with Crippen molar-refractivity contribution in [2.24, 2.45) is 0 Å². The van der Waals surface area contributed by atoms with Gasteiger partial charge in [-0.25, -0.2) is 9.37 Å². The van der Waals surface area contributed by atoms with Crippen LogP contribution in [0.3, 0.4) is 0 Å². The molecule has 0 saturated carbocycles. The Morgan fingerprint density at radius 2 is 1.88 bits per heavy atom. The highest BCUT2D eigenvalue weighted by molar-refractivity contribution is 6.39. The summed E-state index contributed by atoms with van der Waals surface area (Å²) >= 11 is 0. The molecule has 0 aliphatic heterocycles. The van der Waals surface area contributed by atoms with Gasteiger partial charge in [-0.1, -0.05) is 0 Å². The Bertz CT molecular complexity index is 1200. The van der Waals surface area contributed by atoms with E-state index in [2.05, 4.69) is 20.3 Å². The molecule has 0 aromatic carbocycles. The molecule has 34 heavy (non-hydrogen) atoms. The first kappa shape index (κ1) is 24.6. The Hall–Kier alpha value is -4.09. The van der Waals surface area contributed by atoms with Gasteiger partial charge >= 0.3 is 18.0 Å². The van der Waals surface area contributed by atoms with E-state index in [9.17, 15) is 27.2 Å². The molecule has 3 aromatic heterocycles. The fourth-order valence-corrected chi connectivity index (χ4v) is 3.07. The van der Waals surface area contributed by atoms with Crippen molar-refractivity contribution in [3.05, 3.63) is 77.3 Å². The smallest absolute Gasteiger partial charge is 0.383 e. The summed E-state index contributed by atoms with van der Waals surface area (Å²) in [6.07, 6.45) is -1.39. The zero-order valence-electron chi connectivity index (χ0n) is 18.1. The second-order valence-corrected chi connectivity index (χ2v) is 7.40. The Balaban J connectivity index is 1.90. The van der Waals surface area contributed by atoms with Gasteiger partial charge in [0.05, 0.1) is 41.4 Å². The number of nitrogens with zero attached hydrogens (tertiary/aromatic N) is 4. The van der Waals surface area contributed by atoms with Crippen molar-refractivity contribution in [2.75, 3.05) is 11.1 Å². The summed E-state index contributed by atoms with van der Waals surface area (Å²) < 4.78 is 52.9. The predicted molar refractivity (Wildman–Crippen MR) is 114 cm³/mol. The molecule has 3 aromatic rings. The average Bonchev–Trinajstić information content (AvgIpc) is 2.79. The number of anilines is 2. The molecule has 1 unspecified atom stereocenters. The Kier molecular flexibility index (Phi) is 7.08. The third-order valence-electron chi connectivity index (χ3n) is 4.97. The highest BCUT2D eigenvalue weighted by atomic mass is 19.4. The van der Waals surface area contributed by atoms with Crippen LogP contribution in [0.4, 0.5) is 29.1 Å². The van der Waals surface area contributed by atoms with Crippen molar-refractivity contribution in [3.8, 4) is 0 Å². The van der Waals surface area contributed by atoms with Crippen molar-refractivity contribution in [2.45, 2.75) is 32.6 Å². The van der Waals surface area contributed by atoms with Gasteiger partial charge in [-0.15, -0.1) is 0 Å². The van der Waals surface area contributed by atoms with Crippen LogP contribution in [-0.2, 0) is 22.3 Å². The van der Waals surface area contributed by atoms with Crippen LogP contribution in [-0.4, -0.2) is 31.7 Å². The van der Waals surface area contributed by atoms with Crippen molar-refractivity contribution in [3.63, 3.8) is 0 Å². The van der Waals surface area contributed by atoms with E-state index in [4.69, 9.17) is 5.73 Å². The molecule has 2 amide bonds. The average molecular weight is 476 g/mol. The van der Waals surface area contributed by atoms with E-state index in [-0.39, 0.29) is 29.4 Å². The van der Waals surface area contributed by atoms with Gasteiger partial charge in [0.2, 0.25) is 0 Å². The van der Waals surface area contributed by atoms with Crippen LogP contribution in [0.25, 0.3) is 0 Å². The van der Waals surface area contributed by atoms with Crippen molar-refractivity contribution in [1.82, 2.24) is 19.9 Å². The molecule has 3 heterocycles. The molecule has 3 rings (SSSR count). The van der Waals surface area contributed by atoms with Gasteiger partial charge in [-0.2, -0.15) is 13.2 Å². The van der Waals surface area contributed by atoms with E-state index in [0.717, 1.165) is 23.1 Å². The lowest BCUT2D eigenvalue weighted by Crippen LogP contribution is -2.41. The molecular formula is C22H20F4N6O2. The summed E-state index contributed by atoms with van der Waals surface area (Å²) in [6.45, 7) is 2.73. The van der Waals surface area contributed by atoms with Gasteiger partial charge in [0.25, 0.3) is 0 Å². The number of aryl methyl sites for hydroxylation is 1. The van der Waals surface area contributed by atoms with Crippen LogP contribution in [0.15, 0.2) is 48.9 Å². The Morgan fingerprint density at radius 3 is 2.47 bits per heavy atom. The number of alkyl halides is 3. The number of rotatable bonds is 5. The minimum Gasteiger partial charge on any atom is -0.383 e. The van der Waals surface area contributed by atoms with Crippen LogP contribution in [0.1, 0.15) is 35.5 Å². The molecule has 0 bridgehead atoms. The second-order valence-electron chi connectivity index (χ2n) is 7.40. The van der Waals surface area contributed by atoms with Gasteiger partial charge in [0, 0.05) is 12.4 Å². The fraction of sp³-hybridized carbons (Fsp3) is 0.227. The zero-order valence-corrected chi connectivity index (χ0v) is 18.1. The van der Waals surface area contributed by atoms with Crippen LogP contribution in [0, 0.1) is 12.7 Å². The molecule has 0 saturated heterocycles. The minimum absolute atomic E-state index is 0.0577. The quantitative estimate of drug-likeness (QED) is 0.429.